The number of rotatable bonds is 7. The monoisotopic (exact) mass is 295 g/mol. The van der Waals surface area contributed by atoms with Crippen LogP contribution in [0, 0.1) is 5.92 Å². The second-order valence-corrected chi connectivity index (χ2v) is 5.67. The summed E-state index contributed by atoms with van der Waals surface area (Å²) in [6.45, 7) is 3.73. The van der Waals surface area contributed by atoms with Gasteiger partial charge < -0.3 is 10.4 Å². The molecular formula is C15H21NO3S. The van der Waals surface area contributed by atoms with Gasteiger partial charge in [0.2, 0.25) is 0 Å². The van der Waals surface area contributed by atoms with E-state index in [4.69, 9.17) is 0 Å². The van der Waals surface area contributed by atoms with Crippen LogP contribution < -0.4 is 5.32 Å². The van der Waals surface area contributed by atoms with Gasteiger partial charge in [-0.1, -0.05) is 32.4 Å². The molecule has 1 amide bonds. The van der Waals surface area contributed by atoms with Gasteiger partial charge in [0.1, 0.15) is 6.04 Å². The van der Waals surface area contributed by atoms with Crippen molar-refractivity contribution in [3.63, 3.8) is 0 Å². The molecule has 0 radical (unpaired) electrons. The van der Waals surface area contributed by atoms with Gasteiger partial charge in [-0.15, -0.1) is 0 Å². The minimum atomic E-state index is -0.993. The number of carboxylic acids is 1. The third-order valence-electron chi connectivity index (χ3n) is 3.27. The van der Waals surface area contributed by atoms with Crippen LogP contribution in [0.5, 0.6) is 0 Å². The van der Waals surface area contributed by atoms with Crippen molar-refractivity contribution in [3.05, 3.63) is 35.4 Å². The largest absolute Gasteiger partial charge is 0.480 e. The molecule has 0 aromatic heterocycles. The van der Waals surface area contributed by atoms with E-state index in [1.165, 1.54) is 0 Å². The fraction of sp³-hybridized carbons (Fsp3) is 0.467. The Bertz CT molecular complexity index is 476. The first-order valence-electron chi connectivity index (χ1n) is 6.61. The van der Waals surface area contributed by atoms with Crippen molar-refractivity contribution in [3.8, 4) is 0 Å². The summed E-state index contributed by atoms with van der Waals surface area (Å²) in [5.41, 5.74) is 1.56. The first kappa shape index (κ1) is 16.6. The van der Waals surface area contributed by atoms with Crippen molar-refractivity contribution in [1.29, 1.82) is 0 Å². The predicted molar refractivity (Wildman–Crippen MR) is 82.0 cm³/mol. The standard InChI is InChI=1S/C15H21NO3S/c1-4-10(2)13(15(18)19)16-14(17)12-7-5-6-11(8-12)9-20-3/h5-8,10,13H,4,9H2,1-3H3,(H,16,17)(H,18,19)/t10?,13-/m0/s1. The molecule has 110 valence electrons. The molecule has 4 nitrogen and oxygen atoms in total. The summed E-state index contributed by atoms with van der Waals surface area (Å²) in [6, 6.07) is 6.43. The first-order valence-corrected chi connectivity index (χ1v) is 8.00. The smallest absolute Gasteiger partial charge is 0.326 e. The number of carbonyl (C=O) groups excluding carboxylic acids is 1. The van der Waals surface area contributed by atoms with Crippen molar-refractivity contribution >= 4 is 23.6 Å². The molecule has 0 fully saturated rings. The van der Waals surface area contributed by atoms with Crippen LogP contribution in [-0.4, -0.2) is 29.3 Å². The van der Waals surface area contributed by atoms with Crippen molar-refractivity contribution in [1.82, 2.24) is 5.32 Å². The van der Waals surface area contributed by atoms with Gasteiger partial charge >= 0.3 is 5.97 Å². The van der Waals surface area contributed by atoms with E-state index in [0.717, 1.165) is 11.3 Å². The lowest BCUT2D eigenvalue weighted by Crippen LogP contribution is -2.45. The molecule has 0 bridgehead atoms. The van der Waals surface area contributed by atoms with E-state index in [0.29, 0.717) is 12.0 Å². The summed E-state index contributed by atoms with van der Waals surface area (Å²) in [5.74, 6) is -0.603. The van der Waals surface area contributed by atoms with Crippen LogP contribution in [0.25, 0.3) is 0 Å². The van der Waals surface area contributed by atoms with Crippen LogP contribution in [-0.2, 0) is 10.5 Å². The quantitative estimate of drug-likeness (QED) is 0.811. The lowest BCUT2D eigenvalue weighted by atomic mass is 9.99. The third-order valence-corrected chi connectivity index (χ3v) is 3.89. The van der Waals surface area contributed by atoms with E-state index in [1.807, 2.05) is 32.2 Å². The molecule has 0 saturated heterocycles. The SMILES string of the molecule is CCC(C)[C@H](NC(=O)c1cccc(CSC)c1)C(=O)O. The van der Waals surface area contributed by atoms with Gasteiger partial charge in [0.25, 0.3) is 5.91 Å². The molecular weight excluding hydrogens is 274 g/mol. The molecule has 2 N–H and O–H groups in total. The molecule has 0 aliphatic rings. The van der Waals surface area contributed by atoms with E-state index >= 15 is 0 Å². The number of carbonyl (C=O) groups is 2. The summed E-state index contributed by atoms with van der Waals surface area (Å²) < 4.78 is 0. The first-order chi connectivity index (χ1) is 9.49. The predicted octanol–water partition coefficient (Wildman–Crippen LogP) is 2.78. The Balaban J connectivity index is 2.83. The average Bonchev–Trinajstić information content (AvgIpc) is 2.44. The van der Waals surface area contributed by atoms with Crippen molar-refractivity contribution in [2.45, 2.75) is 32.1 Å². The van der Waals surface area contributed by atoms with Crippen LogP contribution in [0.2, 0.25) is 0 Å². The number of carboxylic acid groups (broad SMARTS) is 1. The molecule has 0 heterocycles. The number of benzene rings is 1. The Morgan fingerprint density at radius 2 is 2.10 bits per heavy atom. The number of hydrogen-bond donors (Lipinski definition) is 2. The maximum absolute atomic E-state index is 12.2. The van der Waals surface area contributed by atoms with Crippen molar-refractivity contribution in [2.24, 2.45) is 5.92 Å². The number of thioether (sulfide) groups is 1. The minimum absolute atomic E-state index is 0.106. The highest BCUT2D eigenvalue weighted by atomic mass is 32.2. The minimum Gasteiger partial charge on any atom is -0.480 e. The molecule has 5 heteroatoms. The molecule has 0 aliphatic heterocycles. The summed E-state index contributed by atoms with van der Waals surface area (Å²) in [4.78, 5) is 23.4. The third kappa shape index (κ3) is 4.56. The maximum atomic E-state index is 12.2. The van der Waals surface area contributed by atoms with Gasteiger partial charge in [0, 0.05) is 11.3 Å². The number of hydrogen-bond acceptors (Lipinski definition) is 3. The average molecular weight is 295 g/mol. The highest BCUT2D eigenvalue weighted by Crippen LogP contribution is 2.13. The van der Waals surface area contributed by atoms with Gasteiger partial charge in [0.05, 0.1) is 0 Å². The van der Waals surface area contributed by atoms with Gasteiger partial charge in [-0.25, -0.2) is 4.79 Å². The van der Waals surface area contributed by atoms with Crippen molar-refractivity contribution < 1.29 is 14.7 Å². The molecule has 1 rings (SSSR count). The Morgan fingerprint density at radius 3 is 2.65 bits per heavy atom. The summed E-state index contributed by atoms with van der Waals surface area (Å²) in [6.07, 6.45) is 2.69. The summed E-state index contributed by atoms with van der Waals surface area (Å²) in [7, 11) is 0. The van der Waals surface area contributed by atoms with E-state index in [9.17, 15) is 14.7 Å². The lowest BCUT2D eigenvalue weighted by Gasteiger charge is -2.20. The van der Waals surface area contributed by atoms with Crippen LogP contribution in [0.4, 0.5) is 0 Å². The Hall–Kier alpha value is -1.49. The molecule has 2 atom stereocenters. The lowest BCUT2D eigenvalue weighted by molar-refractivity contribution is -0.140. The van der Waals surface area contributed by atoms with Gasteiger partial charge in [-0.2, -0.15) is 11.8 Å². The van der Waals surface area contributed by atoms with Gasteiger partial charge in [-0.3, -0.25) is 4.79 Å². The number of amides is 1. The zero-order chi connectivity index (χ0) is 15.1. The van der Waals surface area contributed by atoms with Crippen LogP contribution in [0.3, 0.4) is 0 Å². The Kier molecular flexibility index (Phi) is 6.58. The molecule has 1 aromatic carbocycles. The molecule has 1 unspecified atom stereocenters. The number of nitrogens with one attached hydrogen (secondary N) is 1. The van der Waals surface area contributed by atoms with E-state index in [2.05, 4.69) is 5.32 Å². The molecule has 0 saturated carbocycles. The van der Waals surface area contributed by atoms with E-state index in [1.54, 1.807) is 23.9 Å². The Labute approximate surface area is 124 Å². The Morgan fingerprint density at radius 1 is 1.40 bits per heavy atom. The van der Waals surface area contributed by atoms with E-state index in [-0.39, 0.29) is 11.8 Å². The fourth-order valence-corrected chi connectivity index (χ4v) is 2.39. The fourth-order valence-electron chi connectivity index (χ4n) is 1.88. The molecule has 1 aromatic rings. The zero-order valence-electron chi connectivity index (χ0n) is 12.1. The summed E-state index contributed by atoms with van der Waals surface area (Å²) in [5, 5.41) is 11.8. The van der Waals surface area contributed by atoms with Crippen LogP contribution in [0.1, 0.15) is 36.2 Å². The topological polar surface area (TPSA) is 66.4 Å². The summed E-state index contributed by atoms with van der Waals surface area (Å²) >= 11 is 1.68. The number of aliphatic carboxylic acids is 1. The molecule has 0 aliphatic carbocycles. The zero-order valence-corrected chi connectivity index (χ0v) is 12.9. The van der Waals surface area contributed by atoms with Crippen LogP contribution in [0.15, 0.2) is 24.3 Å². The van der Waals surface area contributed by atoms with Gasteiger partial charge in [0.15, 0.2) is 0 Å². The van der Waals surface area contributed by atoms with Gasteiger partial charge in [-0.05, 0) is 29.9 Å². The van der Waals surface area contributed by atoms with Crippen LogP contribution >= 0.6 is 11.8 Å². The molecule has 0 spiro atoms. The normalized spacial score (nSPS) is 13.6. The maximum Gasteiger partial charge on any atom is 0.326 e. The second kappa shape index (κ2) is 7.94. The molecule has 20 heavy (non-hydrogen) atoms. The van der Waals surface area contributed by atoms with Crippen molar-refractivity contribution in [2.75, 3.05) is 6.26 Å². The highest BCUT2D eigenvalue weighted by Gasteiger charge is 2.25. The highest BCUT2D eigenvalue weighted by molar-refractivity contribution is 7.97. The van der Waals surface area contributed by atoms with E-state index < -0.39 is 12.0 Å². The second-order valence-electron chi connectivity index (χ2n) is 4.81.